The normalized spacial score (nSPS) is 19.6. The number of ether oxygens (including phenoxy) is 2. The van der Waals surface area contributed by atoms with Crippen molar-refractivity contribution in [3.05, 3.63) is 17.1 Å². The van der Waals surface area contributed by atoms with Gasteiger partial charge >= 0.3 is 7.82 Å². The van der Waals surface area contributed by atoms with E-state index in [4.69, 9.17) is 18.5 Å². The fourth-order valence-electron chi connectivity index (χ4n) is 4.46. The molecule has 0 amide bonds. The first-order valence-corrected chi connectivity index (χ1v) is 16.8. The van der Waals surface area contributed by atoms with Gasteiger partial charge in [-0.1, -0.05) is 108 Å². The molecule has 1 fully saturated rings. The molecule has 0 aromatic carbocycles. The molecule has 1 aliphatic rings. The summed E-state index contributed by atoms with van der Waals surface area (Å²) in [6.07, 6.45) is 23.1. The molecule has 1 aromatic heterocycles. The van der Waals surface area contributed by atoms with Gasteiger partial charge in [-0.15, -0.1) is 0 Å². The molecule has 0 saturated carbocycles. The molecular weight excluding hydrogens is 497 g/mol. The van der Waals surface area contributed by atoms with Gasteiger partial charge in [-0.3, -0.25) is 9.05 Å². The Hall–Kier alpha value is -0.340. The number of phosphoric acid groups is 1. The molecule has 1 aliphatic heterocycles. The highest BCUT2D eigenvalue weighted by Crippen LogP contribution is 2.43. The fraction of sp³-hybridized carbons (Fsp3) is 0.889. The number of unbranched alkanes of at least 4 members (excludes halogenated alkanes) is 14. The Labute approximate surface area is 223 Å². The Bertz CT molecular complexity index is 677. The van der Waals surface area contributed by atoms with Gasteiger partial charge in [0, 0.05) is 6.42 Å². The van der Waals surface area contributed by atoms with Crippen LogP contribution in [0, 0.1) is 0 Å². The lowest BCUT2D eigenvalue weighted by Gasteiger charge is -2.15. The summed E-state index contributed by atoms with van der Waals surface area (Å²) in [5.74, 6) is 0. The van der Waals surface area contributed by atoms with Crippen LogP contribution in [-0.2, 0) is 29.6 Å². The molecule has 7 nitrogen and oxygen atoms in total. The summed E-state index contributed by atoms with van der Waals surface area (Å²) in [4.78, 5) is 9.86. The van der Waals surface area contributed by atoms with E-state index in [-0.39, 0.29) is 25.6 Å². The summed E-state index contributed by atoms with van der Waals surface area (Å²) in [5, 5.41) is 1.98. The zero-order valence-electron chi connectivity index (χ0n) is 22.5. The minimum absolute atomic E-state index is 0.00240. The van der Waals surface area contributed by atoms with E-state index in [2.05, 4.69) is 6.92 Å². The molecule has 1 saturated heterocycles. The lowest BCUT2D eigenvalue weighted by atomic mass is 10.0. The lowest BCUT2D eigenvalue weighted by molar-refractivity contribution is -0.692. The van der Waals surface area contributed by atoms with Crippen LogP contribution in [0.15, 0.2) is 17.1 Å². The van der Waals surface area contributed by atoms with Gasteiger partial charge in [-0.2, -0.15) is 4.57 Å². The summed E-state index contributed by atoms with van der Waals surface area (Å²) in [5.41, 5.74) is 1.99. The molecule has 0 spiro atoms. The third-order valence-electron chi connectivity index (χ3n) is 6.62. The van der Waals surface area contributed by atoms with Gasteiger partial charge < -0.3 is 14.4 Å². The van der Waals surface area contributed by atoms with Crippen LogP contribution >= 0.6 is 19.2 Å². The average molecular weight is 549 g/mol. The van der Waals surface area contributed by atoms with E-state index in [1.54, 1.807) is 11.3 Å². The second-order valence-electron chi connectivity index (χ2n) is 9.97. The van der Waals surface area contributed by atoms with Crippen LogP contribution in [0.3, 0.4) is 0 Å². The maximum absolute atomic E-state index is 12.1. The smallest absolute Gasteiger partial charge is 0.350 e. The highest BCUT2D eigenvalue weighted by atomic mass is 32.1. The van der Waals surface area contributed by atoms with Crippen LogP contribution < -0.4 is 4.57 Å². The number of hydrogen-bond donors (Lipinski definition) is 1. The van der Waals surface area contributed by atoms with E-state index >= 15 is 0 Å². The van der Waals surface area contributed by atoms with Crippen LogP contribution in [0.1, 0.15) is 116 Å². The Balaban J connectivity index is 1.35. The molecule has 2 rings (SSSR count). The van der Waals surface area contributed by atoms with E-state index in [9.17, 15) is 9.46 Å². The summed E-state index contributed by atoms with van der Waals surface area (Å²) in [6.45, 7) is 3.57. The second-order valence-corrected chi connectivity index (χ2v) is 12.2. The van der Waals surface area contributed by atoms with E-state index in [1.807, 2.05) is 21.7 Å². The van der Waals surface area contributed by atoms with Crippen LogP contribution in [0.25, 0.3) is 0 Å². The summed E-state index contributed by atoms with van der Waals surface area (Å²) < 4.78 is 35.7. The average Bonchev–Trinajstić information content (AvgIpc) is 3.55. The molecule has 2 heterocycles. The standard InChI is InChI=1S/C27H50NO6PS/c1-2-3-4-5-6-7-8-9-10-11-12-13-14-15-16-18-27-31-23-26(34-27)24-33-35(29,30)32-21-17-19-28-20-22-36-25-28/h20,22,25-27H,2-19,21,23-24H2,1H3/p+1. The van der Waals surface area contributed by atoms with Crippen LogP contribution in [-0.4, -0.2) is 37.1 Å². The highest BCUT2D eigenvalue weighted by molar-refractivity contribution is 7.47. The van der Waals surface area contributed by atoms with Crippen LogP contribution in [0.4, 0.5) is 0 Å². The van der Waals surface area contributed by atoms with E-state index in [0.717, 1.165) is 19.4 Å². The number of aromatic nitrogens is 1. The molecule has 1 aromatic rings. The first-order valence-electron chi connectivity index (χ1n) is 14.4. The van der Waals surface area contributed by atoms with Gasteiger partial charge in [0.25, 0.3) is 0 Å². The molecule has 0 bridgehead atoms. The minimum Gasteiger partial charge on any atom is -0.350 e. The van der Waals surface area contributed by atoms with Crippen molar-refractivity contribution in [1.29, 1.82) is 0 Å². The van der Waals surface area contributed by atoms with Gasteiger partial charge in [0.15, 0.2) is 19.0 Å². The van der Waals surface area contributed by atoms with Crippen LogP contribution in [0.2, 0.25) is 0 Å². The van der Waals surface area contributed by atoms with Crippen molar-refractivity contribution in [3.63, 3.8) is 0 Å². The van der Waals surface area contributed by atoms with Gasteiger partial charge in [0.2, 0.25) is 5.51 Å². The van der Waals surface area contributed by atoms with Crippen molar-refractivity contribution in [3.8, 4) is 0 Å². The number of thiazole rings is 1. The monoisotopic (exact) mass is 548 g/mol. The van der Waals surface area contributed by atoms with E-state index in [1.165, 1.54) is 89.9 Å². The van der Waals surface area contributed by atoms with Crippen molar-refractivity contribution in [1.82, 2.24) is 0 Å². The zero-order valence-corrected chi connectivity index (χ0v) is 24.2. The molecular formula is C27H51NO6PS+. The minimum atomic E-state index is -4.07. The third-order valence-corrected chi connectivity index (χ3v) is 8.28. The number of rotatable bonds is 24. The Morgan fingerprint density at radius 1 is 0.917 bits per heavy atom. The van der Waals surface area contributed by atoms with E-state index in [0.29, 0.717) is 13.0 Å². The predicted octanol–water partition coefficient (Wildman–Crippen LogP) is 7.56. The van der Waals surface area contributed by atoms with Gasteiger partial charge in [0.1, 0.15) is 6.10 Å². The van der Waals surface area contributed by atoms with Gasteiger partial charge in [-0.05, 0) is 12.8 Å². The van der Waals surface area contributed by atoms with Gasteiger partial charge in [-0.25, -0.2) is 4.57 Å². The predicted molar refractivity (Wildman–Crippen MR) is 145 cm³/mol. The van der Waals surface area contributed by atoms with Crippen molar-refractivity contribution >= 4 is 19.2 Å². The fourth-order valence-corrected chi connectivity index (χ4v) is 5.88. The maximum atomic E-state index is 12.1. The highest BCUT2D eigenvalue weighted by Gasteiger charge is 2.29. The Kier molecular flexibility index (Phi) is 18.2. The summed E-state index contributed by atoms with van der Waals surface area (Å²) in [7, 11) is -4.07. The van der Waals surface area contributed by atoms with Crippen molar-refractivity contribution in [2.24, 2.45) is 0 Å². The molecule has 0 radical (unpaired) electrons. The first-order chi connectivity index (χ1) is 17.6. The molecule has 3 unspecified atom stereocenters. The number of aryl methyl sites for hydroxylation is 1. The number of hydrogen-bond acceptors (Lipinski definition) is 6. The van der Waals surface area contributed by atoms with Crippen molar-refractivity contribution < 1.29 is 32.5 Å². The van der Waals surface area contributed by atoms with Crippen molar-refractivity contribution in [2.75, 3.05) is 19.8 Å². The van der Waals surface area contributed by atoms with E-state index < -0.39 is 7.82 Å². The quantitative estimate of drug-likeness (QED) is 0.0816. The summed E-state index contributed by atoms with van der Waals surface area (Å²) in [6, 6.07) is 0. The Morgan fingerprint density at radius 3 is 2.11 bits per heavy atom. The van der Waals surface area contributed by atoms with Crippen molar-refractivity contribution in [2.45, 2.75) is 135 Å². The summed E-state index contributed by atoms with van der Waals surface area (Å²) >= 11 is 1.61. The Morgan fingerprint density at radius 2 is 1.53 bits per heavy atom. The zero-order chi connectivity index (χ0) is 25.7. The topological polar surface area (TPSA) is 78.1 Å². The number of phosphoric ester groups is 1. The molecule has 210 valence electrons. The largest absolute Gasteiger partial charge is 0.472 e. The molecule has 36 heavy (non-hydrogen) atoms. The first kappa shape index (κ1) is 31.9. The third kappa shape index (κ3) is 16.5. The SMILES string of the molecule is CCCCCCCCCCCCCCCCCC1OCC(COP(=O)(O)OCCC[n+]2ccsc2)O1. The second kappa shape index (κ2) is 20.6. The molecule has 3 atom stereocenters. The lowest BCUT2D eigenvalue weighted by Crippen LogP contribution is -2.30. The molecule has 0 aliphatic carbocycles. The maximum Gasteiger partial charge on any atom is 0.472 e. The number of nitrogens with zero attached hydrogens (tertiary/aromatic N) is 1. The molecule has 1 N–H and O–H groups in total. The van der Waals surface area contributed by atoms with Crippen LogP contribution in [0.5, 0.6) is 0 Å². The molecule has 9 heteroatoms. The van der Waals surface area contributed by atoms with Gasteiger partial charge in [0.05, 0.1) is 25.2 Å².